The van der Waals surface area contributed by atoms with E-state index >= 15 is 0 Å². The number of aryl methyl sites for hydroxylation is 1. The quantitative estimate of drug-likeness (QED) is 0.645. The summed E-state index contributed by atoms with van der Waals surface area (Å²) < 4.78 is 0. The van der Waals surface area contributed by atoms with E-state index in [4.69, 9.17) is 0 Å². The lowest BCUT2D eigenvalue weighted by Gasteiger charge is -2.26. The van der Waals surface area contributed by atoms with Crippen LogP contribution in [0.3, 0.4) is 0 Å². The molecule has 1 unspecified atom stereocenters. The van der Waals surface area contributed by atoms with E-state index in [-0.39, 0.29) is 0 Å². The predicted octanol–water partition coefficient (Wildman–Crippen LogP) is 6.00. The summed E-state index contributed by atoms with van der Waals surface area (Å²) in [4.78, 5) is 2.64. The van der Waals surface area contributed by atoms with Crippen molar-refractivity contribution in [3.05, 3.63) is 34.9 Å². The van der Waals surface area contributed by atoms with Crippen molar-refractivity contribution in [3.63, 3.8) is 0 Å². The average molecular weight is 292 g/mol. The largest absolute Gasteiger partial charge is 0.302 e. The van der Waals surface area contributed by atoms with E-state index in [2.05, 4.69) is 30.0 Å². The van der Waals surface area contributed by atoms with Crippen molar-refractivity contribution in [2.45, 2.75) is 73.6 Å². The fourth-order valence-electron chi connectivity index (χ4n) is 2.82. The van der Waals surface area contributed by atoms with Crippen molar-refractivity contribution in [1.29, 1.82) is 0 Å². The standard InChI is InChI=1S/C14H19N.3C2H6/c1-11-5-6-12-13(9-11)14(12)10-15-7-3-2-4-8-15;3*1-2/h5-6,9,14H,2-4,7-8,10H2,1H3;3*1-2H3. The number of benzene rings is 1. The Morgan fingerprint density at radius 2 is 1.43 bits per heavy atom. The van der Waals surface area contributed by atoms with Crippen LogP contribution >= 0.6 is 0 Å². The minimum atomic E-state index is 0.775. The van der Waals surface area contributed by atoms with Crippen molar-refractivity contribution in [2.75, 3.05) is 19.6 Å². The van der Waals surface area contributed by atoms with Gasteiger partial charge in [-0.1, -0.05) is 71.7 Å². The Bertz CT molecular complexity index is 364. The molecule has 0 bridgehead atoms. The molecule has 0 N–H and O–H groups in total. The maximum absolute atomic E-state index is 2.64. The summed E-state index contributed by atoms with van der Waals surface area (Å²) in [5, 5.41) is 0. The smallest absolute Gasteiger partial charge is 0.0223 e. The lowest BCUT2D eigenvalue weighted by atomic mass is 10.1. The molecule has 0 aromatic heterocycles. The Morgan fingerprint density at radius 3 is 1.95 bits per heavy atom. The van der Waals surface area contributed by atoms with Crippen molar-refractivity contribution in [2.24, 2.45) is 0 Å². The molecule has 1 aliphatic carbocycles. The number of fused-ring (bicyclic) bond motifs is 1. The van der Waals surface area contributed by atoms with Gasteiger partial charge in [-0.05, 0) is 44.0 Å². The fraction of sp³-hybridized carbons (Fsp3) is 0.700. The van der Waals surface area contributed by atoms with Crippen molar-refractivity contribution < 1.29 is 0 Å². The molecule has 0 amide bonds. The lowest BCUT2D eigenvalue weighted by Crippen LogP contribution is -2.31. The van der Waals surface area contributed by atoms with Crippen LogP contribution in [-0.4, -0.2) is 24.5 Å². The molecule has 0 saturated carbocycles. The van der Waals surface area contributed by atoms with Crippen LogP contribution in [-0.2, 0) is 0 Å². The van der Waals surface area contributed by atoms with Crippen molar-refractivity contribution >= 4 is 0 Å². The molecule has 1 aliphatic heterocycles. The molecule has 1 saturated heterocycles. The molecule has 0 radical (unpaired) electrons. The van der Waals surface area contributed by atoms with Gasteiger partial charge in [-0.3, -0.25) is 0 Å². The Balaban J connectivity index is 0.000000598. The summed E-state index contributed by atoms with van der Waals surface area (Å²) in [6.07, 6.45) is 4.25. The van der Waals surface area contributed by atoms with Gasteiger partial charge in [0.25, 0.3) is 0 Å². The second-order valence-electron chi connectivity index (χ2n) is 5.05. The minimum absolute atomic E-state index is 0.775. The Hall–Kier alpha value is -0.820. The number of rotatable bonds is 2. The molecule has 1 aromatic rings. The predicted molar refractivity (Wildman–Crippen MR) is 97.4 cm³/mol. The highest BCUT2D eigenvalue weighted by Gasteiger charge is 2.33. The maximum atomic E-state index is 2.64. The summed E-state index contributed by atoms with van der Waals surface area (Å²) in [6.45, 7) is 18.1. The van der Waals surface area contributed by atoms with E-state index in [0.717, 1.165) is 5.92 Å². The molecule has 1 atom stereocenters. The van der Waals surface area contributed by atoms with Gasteiger partial charge in [-0.15, -0.1) is 0 Å². The molecule has 1 nitrogen and oxygen atoms in total. The van der Waals surface area contributed by atoms with Gasteiger partial charge in [0.15, 0.2) is 0 Å². The Morgan fingerprint density at radius 1 is 0.857 bits per heavy atom. The van der Waals surface area contributed by atoms with E-state index in [9.17, 15) is 0 Å². The van der Waals surface area contributed by atoms with Gasteiger partial charge in [0.05, 0.1) is 0 Å². The highest BCUT2D eigenvalue weighted by atomic mass is 15.1. The van der Waals surface area contributed by atoms with Gasteiger partial charge in [0.1, 0.15) is 0 Å². The van der Waals surface area contributed by atoms with Gasteiger partial charge in [0, 0.05) is 12.5 Å². The van der Waals surface area contributed by atoms with Crippen LogP contribution in [0.5, 0.6) is 0 Å². The van der Waals surface area contributed by atoms with Gasteiger partial charge in [-0.2, -0.15) is 0 Å². The normalized spacial score (nSPS) is 18.7. The summed E-state index contributed by atoms with van der Waals surface area (Å²) >= 11 is 0. The number of hydrogen-bond donors (Lipinski definition) is 0. The summed E-state index contributed by atoms with van der Waals surface area (Å²) in [5.74, 6) is 0.775. The minimum Gasteiger partial charge on any atom is -0.302 e. The SMILES string of the molecule is CC.CC.CC.Cc1ccc2c(c1)C2CN1CCCCC1. The van der Waals surface area contributed by atoms with E-state index in [1.807, 2.05) is 41.5 Å². The molecule has 122 valence electrons. The van der Waals surface area contributed by atoms with Crippen LogP contribution in [0.2, 0.25) is 0 Å². The zero-order chi connectivity index (χ0) is 16.3. The number of hydrogen-bond acceptors (Lipinski definition) is 1. The molecule has 1 heterocycles. The second kappa shape index (κ2) is 11.8. The van der Waals surface area contributed by atoms with Crippen LogP contribution in [0, 0.1) is 6.92 Å². The Labute approximate surface area is 133 Å². The zero-order valence-corrected chi connectivity index (χ0v) is 15.5. The first-order valence-corrected chi connectivity index (χ1v) is 9.17. The average Bonchev–Trinajstić information content (AvgIpc) is 3.25. The summed E-state index contributed by atoms with van der Waals surface area (Å²) in [6, 6.07) is 6.93. The molecule has 2 aliphatic rings. The van der Waals surface area contributed by atoms with Crippen LogP contribution in [0.1, 0.15) is 83.4 Å². The number of nitrogens with zero attached hydrogens (tertiary/aromatic N) is 1. The molecular formula is C20H37N. The van der Waals surface area contributed by atoms with Gasteiger partial charge in [0.2, 0.25) is 0 Å². The molecule has 1 fully saturated rings. The van der Waals surface area contributed by atoms with Gasteiger partial charge < -0.3 is 4.90 Å². The second-order valence-corrected chi connectivity index (χ2v) is 5.05. The van der Waals surface area contributed by atoms with E-state index in [1.165, 1.54) is 44.5 Å². The summed E-state index contributed by atoms with van der Waals surface area (Å²) in [5.41, 5.74) is 4.63. The third-order valence-electron chi connectivity index (χ3n) is 3.80. The zero-order valence-electron chi connectivity index (χ0n) is 15.5. The van der Waals surface area contributed by atoms with E-state index in [1.54, 1.807) is 11.1 Å². The molecule has 3 rings (SSSR count). The number of likely N-dealkylation sites (tertiary alicyclic amines) is 1. The first-order valence-electron chi connectivity index (χ1n) is 9.17. The van der Waals surface area contributed by atoms with Crippen LogP contribution < -0.4 is 0 Å². The number of piperidine rings is 1. The molecule has 0 spiro atoms. The third-order valence-corrected chi connectivity index (χ3v) is 3.80. The van der Waals surface area contributed by atoms with Gasteiger partial charge >= 0.3 is 0 Å². The molecular weight excluding hydrogens is 254 g/mol. The van der Waals surface area contributed by atoms with Crippen LogP contribution in [0.25, 0.3) is 0 Å². The summed E-state index contributed by atoms with van der Waals surface area (Å²) in [7, 11) is 0. The van der Waals surface area contributed by atoms with Crippen molar-refractivity contribution in [1.82, 2.24) is 4.90 Å². The van der Waals surface area contributed by atoms with Crippen LogP contribution in [0.4, 0.5) is 0 Å². The van der Waals surface area contributed by atoms with Gasteiger partial charge in [-0.25, -0.2) is 0 Å². The van der Waals surface area contributed by atoms with Crippen LogP contribution in [0.15, 0.2) is 18.2 Å². The fourth-order valence-corrected chi connectivity index (χ4v) is 2.82. The molecule has 21 heavy (non-hydrogen) atoms. The third kappa shape index (κ3) is 6.22. The Kier molecular flexibility index (Phi) is 11.3. The van der Waals surface area contributed by atoms with Crippen molar-refractivity contribution in [3.8, 4) is 0 Å². The molecule has 1 heteroatoms. The lowest BCUT2D eigenvalue weighted by molar-refractivity contribution is 0.229. The monoisotopic (exact) mass is 291 g/mol. The maximum Gasteiger partial charge on any atom is 0.0223 e. The van der Waals surface area contributed by atoms with E-state index in [0.29, 0.717) is 0 Å². The first-order chi connectivity index (χ1) is 10.3. The first kappa shape index (κ1) is 20.2. The highest BCUT2D eigenvalue weighted by molar-refractivity contribution is 5.54. The highest BCUT2D eigenvalue weighted by Crippen LogP contribution is 2.44. The molecule has 1 aromatic carbocycles. The van der Waals surface area contributed by atoms with E-state index < -0.39 is 0 Å². The topological polar surface area (TPSA) is 3.24 Å².